The molecule has 1 heterocycles. The van der Waals surface area contributed by atoms with Gasteiger partial charge in [0.1, 0.15) is 0 Å². The van der Waals surface area contributed by atoms with E-state index < -0.39 is 0 Å². The zero-order valence-corrected chi connectivity index (χ0v) is 17.2. The molecule has 4 nitrogen and oxygen atoms in total. The minimum atomic E-state index is 0.00960. The predicted octanol–water partition coefficient (Wildman–Crippen LogP) is 4.94. The van der Waals surface area contributed by atoms with E-state index in [-0.39, 0.29) is 11.8 Å². The summed E-state index contributed by atoms with van der Waals surface area (Å²) < 4.78 is 0. The van der Waals surface area contributed by atoms with E-state index in [9.17, 15) is 9.59 Å². The summed E-state index contributed by atoms with van der Waals surface area (Å²) in [6.07, 6.45) is 3.22. The Morgan fingerprint density at radius 2 is 1.93 bits per heavy atom. The van der Waals surface area contributed by atoms with E-state index in [1.807, 2.05) is 29.2 Å². The maximum Gasteiger partial charge on any atom is 0.253 e. The first-order chi connectivity index (χ1) is 13.5. The van der Waals surface area contributed by atoms with Gasteiger partial charge in [0, 0.05) is 41.7 Å². The molecule has 28 heavy (non-hydrogen) atoms. The number of nitrogens with zero attached hydrogens (tertiary/aromatic N) is 1. The average molecular weight is 419 g/mol. The maximum absolute atomic E-state index is 12.7. The first kappa shape index (κ1) is 20.7. The number of hydrogen-bond acceptors (Lipinski definition) is 2. The van der Waals surface area contributed by atoms with Crippen LogP contribution in [0.2, 0.25) is 10.0 Å². The monoisotopic (exact) mass is 418 g/mol. The van der Waals surface area contributed by atoms with E-state index >= 15 is 0 Å². The zero-order valence-electron chi connectivity index (χ0n) is 15.7. The number of likely N-dealkylation sites (tertiary alicyclic amines) is 1. The van der Waals surface area contributed by atoms with Crippen LogP contribution < -0.4 is 5.32 Å². The Balaban J connectivity index is 1.46. The number of hydrogen-bond donors (Lipinski definition) is 1. The van der Waals surface area contributed by atoms with Gasteiger partial charge in [0.15, 0.2) is 0 Å². The van der Waals surface area contributed by atoms with Crippen molar-refractivity contribution >= 4 is 35.0 Å². The lowest BCUT2D eigenvalue weighted by Crippen LogP contribution is -2.40. The lowest BCUT2D eigenvalue weighted by Gasteiger charge is -2.33. The van der Waals surface area contributed by atoms with Crippen molar-refractivity contribution in [3.63, 3.8) is 0 Å². The number of halogens is 2. The number of piperidine rings is 1. The highest BCUT2D eigenvalue weighted by Crippen LogP contribution is 2.23. The number of nitrogens with one attached hydrogen (secondary N) is 1. The normalized spacial score (nSPS) is 16.6. The molecular weight excluding hydrogens is 395 g/mol. The Bertz CT molecular complexity index is 841. The molecule has 148 valence electrons. The molecular formula is C22H24Cl2N2O2. The Morgan fingerprint density at radius 3 is 2.71 bits per heavy atom. The zero-order chi connectivity index (χ0) is 19.9. The fraction of sp³-hybridized carbons (Fsp3) is 0.364. The van der Waals surface area contributed by atoms with Crippen LogP contribution in [0, 0.1) is 5.92 Å². The Hall–Kier alpha value is -2.04. The van der Waals surface area contributed by atoms with Crippen molar-refractivity contribution in [3.05, 3.63) is 69.7 Å². The van der Waals surface area contributed by atoms with Crippen LogP contribution in [0.5, 0.6) is 0 Å². The van der Waals surface area contributed by atoms with Gasteiger partial charge in [0.05, 0.1) is 0 Å². The van der Waals surface area contributed by atoms with Crippen LogP contribution in [0.25, 0.3) is 0 Å². The van der Waals surface area contributed by atoms with Crippen LogP contribution in [-0.2, 0) is 11.3 Å². The van der Waals surface area contributed by atoms with E-state index in [0.717, 1.165) is 31.4 Å². The van der Waals surface area contributed by atoms with Crippen molar-refractivity contribution in [2.75, 3.05) is 13.1 Å². The Morgan fingerprint density at radius 1 is 1.11 bits per heavy atom. The van der Waals surface area contributed by atoms with Crippen LogP contribution in [-0.4, -0.2) is 29.8 Å². The molecule has 0 radical (unpaired) electrons. The van der Waals surface area contributed by atoms with Gasteiger partial charge in [-0.05, 0) is 55.0 Å². The van der Waals surface area contributed by atoms with Gasteiger partial charge >= 0.3 is 0 Å². The summed E-state index contributed by atoms with van der Waals surface area (Å²) in [4.78, 5) is 26.8. The van der Waals surface area contributed by atoms with Gasteiger partial charge in [0.25, 0.3) is 5.91 Å². The van der Waals surface area contributed by atoms with Gasteiger partial charge in [-0.25, -0.2) is 0 Å². The molecule has 2 aromatic rings. The number of carbonyl (C=O) groups is 2. The van der Waals surface area contributed by atoms with Crippen LogP contribution in [0.3, 0.4) is 0 Å². The van der Waals surface area contributed by atoms with E-state index in [4.69, 9.17) is 23.2 Å². The van der Waals surface area contributed by atoms with E-state index in [1.165, 1.54) is 0 Å². The number of rotatable bonds is 6. The van der Waals surface area contributed by atoms with Crippen LogP contribution in [0.4, 0.5) is 0 Å². The third kappa shape index (κ3) is 5.73. The maximum atomic E-state index is 12.7. The highest BCUT2D eigenvalue weighted by atomic mass is 35.5. The number of amides is 2. The van der Waals surface area contributed by atoms with Crippen molar-refractivity contribution in [3.8, 4) is 0 Å². The van der Waals surface area contributed by atoms with Crippen LogP contribution in [0.15, 0.2) is 48.5 Å². The fourth-order valence-corrected chi connectivity index (χ4v) is 3.94. The second-order valence-corrected chi connectivity index (χ2v) is 8.02. The topological polar surface area (TPSA) is 49.4 Å². The lowest BCUT2D eigenvalue weighted by molar-refractivity contribution is -0.121. The van der Waals surface area contributed by atoms with E-state index in [2.05, 4.69) is 5.32 Å². The van der Waals surface area contributed by atoms with Gasteiger partial charge < -0.3 is 10.2 Å². The summed E-state index contributed by atoms with van der Waals surface area (Å²) >= 11 is 12.1. The molecule has 1 N–H and O–H groups in total. The summed E-state index contributed by atoms with van der Waals surface area (Å²) in [5.74, 6) is 0.358. The molecule has 6 heteroatoms. The highest BCUT2D eigenvalue weighted by Gasteiger charge is 2.25. The molecule has 2 aromatic carbocycles. The van der Waals surface area contributed by atoms with Crippen molar-refractivity contribution in [1.29, 1.82) is 0 Å². The van der Waals surface area contributed by atoms with Gasteiger partial charge in [0.2, 0.25) is 5.91 Å². The minimum Gasteiger partial charge on any atom is -0.352 e. The summed E-state index contributed by atoms with van der Waals surface area (Å²) in [6.45, 7) is 1.87. The van der Waals surface area contributed by atoms with Crippen molar-refractivity contribution in [2.24, 2.45) is 5.92 Å². The van der Waals surface area contributed by atoms with Crippen LogP contribution >= 0.6 is 23.2 Å². The van der Waals surface area contributed by atoms with Gasteiger partial charge in [-0.15, -0.1) is 0 Å². The molecule has 2 amide bonds. The molecule has 0 saturated carbocycles. The van der Waals surface area contributed by atoms with Crippen molar-refractivity contribution in [2.45, 2.75) is 32.2 Å². The third-order valence-electron chi connectivity index (χ3n) is 5.09. The Kier molecular flexibility index (Phi) is 7.35. The van der Waals surface area contributed by atoms with Crippen molar-refractivity contribution < 1.29 is 9.59 Å². The third-order valence-corrected chi connectivity index (χ3v) is 5.70. The SMILES string of the molecule is O=C(CC[C@H]1CCCN(C(=O)c2cccc(Cl)c2)C1)NCc1ccccc1Cl. The molecule has 3 rings (SSSR count). The number of benzene rings is 2. The second-order valence-electron chi connectivity index (χ2n) is 7.18. The summed E-state index contributed by atoms with van der Waals surface area (Å²) in [5.41, 5.74) is 1.53. The molecule has 0 aliphatic carbocycles. The molecule has 0 bridgehead atoms. The molecule has 1 fully saturated rings. The van der Waals surface area contributed by atoms with Gasteiger partial charge in [-0.1, -0.05) is 47.5 Å². The smallest absolute Gasteiger partial charge is 0.253 e. The average Bonchev–Trinajstić information content (AvgIpc) is 2.71. The summed E-state index contributed by atoms with van der Waals surface area (Å²) in [5, 5.41) is 4.15. The minimum absolute atomic E-state index is 0.00960. The molecule has 1 saturated heterocycles. The van der Waals surface area contributed by atoms with Gasteiger partial charge in [-0.2, -0.15) is 0 Å². The quantitative estimate of drug-likeness (QED) is 0.721. The second kappa shape index (κ2) is 9.94. The highest BCUT2D eigenvalue weighted by molar-refractivity contribution is 6.31. The molecule has 1 atom stereocenters. The largest absolute Gasteiger partial charge is 0.352 e. The first-order valence-corrected chi connectivity index (χ1v) is 10.3. The Labute approximate surface area is 175 Å². The van der Waals surface area contributed by atoms with E-state index in [1.54, 1.807) is 24.3 Å². The molecule has 0 aromatic heterocycles. The van der Waals surface area contributed by atoms with E-state index in [0.29, 0.717) is 41.0 Å². The molecule has 0 spiro atoms. The molecule has 1 aliphatic rings. The molecule has 0 unspecified atom stereocenters. The predicted molar refractivity (Wildman–Crippen MR) is 113 cm³/mol. The summed E-state index contributed by atoms with van der Waals surface area (Å²) in [6, 6.07) is 14.5. The van der Waals surface area contributed by atoms with Crippen molar-refractivity contribution in [1.82, 2.24) is 10.2 Å². The lowest BCUT2D eigenvalue weighted by atomic mass is 9.92. The van der Waals surface area contributed by atoms with Crippen LogP contribution in [0.1, 0.15) is 41.6 Å². The first-order valence-electron chi connectivity index (χ1n) is 9.58. The number of carbonyl (C=O) groups excluding carboxylic acids is 2. The standard InChI is InChI=1S/C22H24Cl2N2O2/c23-19-8-3-7-17(13-19)22(28)26-12-4-5-16(15-26)10-11-21(27)25-14-18-6-1-2-9-20(18)24/h1-3,6-9,13,16H,4-5,10-12,14-15H2,(H,25,27)/t16-/m1/s1. The fourth-order valence-electron chi connectivity index (χ4n) is 3.55. The van der Waals surface area contributed by atoms with Gasteiger partial charge in [-0.3, -0.25) is 9.59 Å². The molecule has 1 aliphatic heterocycles. The summed E-state index contributed by atoms with van der Waals surface area (Å²) in [7, 11) is 0.